The van der Waals surface area contributed by atoms with E-state index in [4.69, 9.17) is 0 Å². The van der Waals surface area contributed by atoms with E-state index in [1.807, 2.05) is 22.7 Å². The number of rotatable bonds is 3. The van der Waals surface area contributed by atoms with E-state index in [2.05, 4.69) is 167 Å². The third-order valence-electron chi connectivity index (χ3n) is 10.7. The van der Waals surface area contributed by atoms with Gasteiger partial charge < -0.3 is 4.57 Å². The smallest absolute Gasteiger partial charge is 0.110 e. The van der Waals surface area contributed by atoms with Crippen LogP contribution in [0.15, 0.2) is 158 Å². The van der Waals surface area contributed by atoms with Gasteiger partial charge in [0.25, 0.3) is 0 Å². The predicted molar refractivity (Wildman–Crippen MR) is 217 cm³/mol. The molecule has 50 heavy (non-hydrogen) atoms. The average molecular weight is 671 g/mol. The van der Waals surface area contributed by atoms with Gasteiger partial charge in [0.05, 0.1) is 26.8 Å². The molecular formula is C46H26N2S2. The molecule has 5 heterocycles. The molecule has 0 atom stereocenters. The first-order valence-corrected chi connectivity index (χ1v) is 18.7. The summed E-state index contributed by atoms with van der Waals surface area (Å²) in [6.07, 6.45) is 0. The maximum absolute atomic E-state index is 2.58. The van der Waals surface area contributed by atoms with Crippen molar-refractivity contribution in [2.75, 3.05) is 0 Å². The number of hydrogen-bond donors (Lipinski definition) is 0. The molecule has 2 nitrogen and oxygen atoms in total. The zero-order valence-electron chi connectivity index (χ0n) is 26.7. The van der Waals surface area contributed by atoms with E-state index in [0.29, 0.717) is 0 Å². The molecule has 12 aromatic rings. The second-order valence-corrected chi connectivity index (χ2v) is 15.3. The van der Waals surface area contributed by atoms with Crippen molar-refractivity contribution in [1.29, 1.82) is 0 Å². The predicted octanol–water partition coefficient (Wildman–Crippen LogP) is 13.7. The summed E-state index contributed by atoms with van der Waals surface area (Å²) in [5.74, 6) is 0. The Morgan fingerprint density at radius 2 is 1.14 bits per heavy atom. The van der Waals surface area contributed by atoms with Gasteiger partial charge in [-0.1, -0.05) is 121 Å². The maximum Gasteiger partial charge on any atom is 0.110 e. The van der Waals surface area contributed by atoms with E-state index >= 15 is 0 Å². The van der Waals surface area contributed by atoms with Gasteiger partial charge in [0.2, 0.25) is 0 Å². The van der Waals surface area contributed by atoms with Crippen molar-refractivity contribution in [1.82, 2.24) is 8.97 Å². The molecular weight excluding hydrogens is 645 g/mol. The Bertz CT molecular complexity index is 3300. The van der Waals surface area contributed by atoms with Crippen molar-refractivity contribution >= 4 is 102 Å². The Kier molecular flexibility index (Phi) is 5.29. The van der Waals surface area contributed by atoms with Crippen LogP contribution in [0.25, 0.3) is 107 Å². The second-order valence-electron chi connectivity index (χ2n) is 13.2. The van der Waals surface area contributed by atoms with E-state index in [9.17, 15) is 0 Å². The van der Waals surface area contributed by atoms with Crippen LogP contribution >= 0.6 is 22.7 Å². The van der Waals surface area contributed by atoms with Crippen molar-refractivity contribution in [3.05, 3.63) is 158 Å². The zero-order valence-corrected chi connectivity index (χ0v) is 28.4. The summed E-state index contributed by atoms with van der Waals surface area (Å²) in [6, 6.07) is 58.1. The molecule has 7 aromatic carbocycles. The molecule has 232 valence electrons. The quantitative estimate of drug-likeness (QED) is 0.177. The minimum atomic E-state index is 1.18. The summed E-state index contributed by atoms with van der Waals surface area (Å²) < 4.78 is 7.74. The molecule has 0 aliphatic carbocycles. The van der Waals surface area contributed by atoms with Gasteiger partial charge in [0.15, 0.2) is 0 Å². The van der Waals surface area contributed by atoms with Crippen LogP contribution in [0.5, 0.6) is 0 Å². The molecule has 5 aromatic heterocycles. The number of benzene rings is 7. The Morgan fingerprint density at radius 1 is 0.440 bits per heavy atom. The Hall–Kier alpha value is -5.94. The first kappa shape index (κ1) is 26.9. The van der Waals surface area contributed by atoms with Gasteiger partial charge in [-0.25, -0.2) is 0 Å². The number of pyridine rings is 1. The number of thiophene rings is 2. The Balaban J connectivity index is 1.21. The van der Waals surface area contributed by atoms with Crippen molar-refractivity contribution in [2.24, 2.45) is 0 Å². The topological polar surface area (TPSA) is 9.34 Å². The Morgan fingerprint density at radius 3 is 2.00 bits per heavy atom. The molecule has 4 heteroatoms. The molecule has 0 N–H and O–H groups in total. The van der Waals surface area contributed by atoms with Crippen LogP contribution < -0.4 is 0 Å². The van der Waals surface area contributed by atoms with Crippen LogP contribution in [0.4, 0.5) is 0 Å². The molecule has 0 amide bonds. The highest BCUT2D eigenvalue weighted by Crippen LogP contribution is 2.52. The standard InChI is InChI=1S/C46H26N2S2/c1-3-13-27(14-4-1)35-25-28-15-11-22-34-40(28)44-41(35)32-19-8-10-24-37(32)48(44)46-42(34)45-39(50-46)26-38(49-45)33-21-12-20-31-30-18-7-9-23-36(30)47(43(31)33)29-16-5-2-6-17-29/h1-26H. The lowest BCUT2D eigenvalue weighted by Crippen LogP contribution is -1.94. The molecule has 0 aliphatic rings. The molecule has 0 bridgehead atoms. The van der Waals surface area contributed by atoms with Crippen LogP contribution in [0.1, 0.15) is 0 Å². The molecule has 12 rings (SSSR count). The van der Waals surface area contributed by atoms with Gasteiger partial charge in [0.1, 0.15) is 4.83 Å². The van der Waals surface area contributed by atoms with Crippen LogP contribution in [0, 0.1) is 0 Å². The molecule has 0 spiro atoms. The minimum absolute atomic E-state index is 1.18. The minimum Gasteiger partial charge on any atom is -0.309 e. The second kappa shape index (κ2) is 9.82. The van der Waals surface area contributed by atoms with Crippen LogP contribution in [-0.2, 0) is 0 Å². The third-order valence-corrected chi connectivity index (χ3v) is 13.1. The number of fused-ring (bicyclic) bond motifs is 11. The van der Waals surface area contributed by atoms with Crippen LogP contribution in [0.3, 0.4) is 0 Å². The SMILES string of the molecule is c1ccc(-c2cc3cccc4c5c6sc(-c7cccc8c9ccccc9n(-c9ccccc9)c78)cc6sc5n5c6ccccc6c2c5c34)cc1. The largest absolute Gasteiger partial charge is 0.309 e. The van der Waals surface area contributed by atoms with Crippen LogP contribution in [0.2, 0.25) is 0 Å². The van der Waals surface area contributed by atoms with E-state index in [1.165, 1.54) is 107 Å². The first-order valence-electron chi connectivity index (χ1n) is 17.0. The van der Waals surface area contributed by atoms with Gasteiger partial charge in [-0.2, -0.15) is 0 Å². The van der Waals surface area contributed by atoms with Crippen molar-refractivity contribution in [2.45, 2.75) is 0 Å². The van der Waals surface area contributed by atoms with E-state index in [-0.39, 0.29) is 0 Å². The maximum atomic E-state index is 2.58. The summed E-state index contributed by atoms with van der Waals surface area (Å²) in [5, 5.41) is 10.6. The average Bonchev–Trinajstić information content (AvgIpc) is 3.93. The van der Waals surface area contributed by atoms with E-state index < -0.39 is 0 Å². The molecule has 0 saturated heterocycles. The van der Waals surface area contributed by atoms with Crippen molar-refractivity contribution in [3.63, 3.8) is 0 Å². The summed E-state index contributed by atoms with van der Waals surface area (Å²) in [6.45, 7) is 0. The normalized spacial score (nSPS) is 12.4. The summed E-state index contributed by atoms with van der Waals surface area (Å²) >= 11 is 3.88. The summed E-state index contributed by atoms with van der Waals surface area (Å²) in [5.41, 5.74) is 10.1. The van der Waals surface area contributed by atoms with Gasteiger partial charge in [0, 0.05) is 53.1 Å². The molecule has 0 fully saturated rings. The summed E-state index contributed by atoms with van der Waals surface area (Å²) in [7, 11) is 0. The molecule has 0 radical (unpaired) electrons. The number of hydrogen-bond acceptors (Lipinski definition) is 2. The van der Waals surface area contributed by atoms with Gasteiger partial charge in [-0.05, 0) is 58.3 Å². The zero-order chi connectivity index (χ0) is 32.5. The monoisotopic (exact) mass is 670 g/mol. The van der Waals surface area contributed by atoms with Gasteiger partial charge in [-0.15, -0.1) is 22.7 Å². The fraction of sp³-hybridized carbons (Fsp3) is 0. The number of para-hydroxylation sites is 4. The first-order chi connectivity index (χ1) is 24.8. The van der Waals surface area contributed by atoms with Crippen molar-refractivity contribution in [3.8, 4) is 27.3 Å². The third kappa shape index (κ3) is 3.42. The summed E-state index contributed by atoms with van der Waals surface area (Å²) in [4.78, 5) is 2.63. The number of nitrogens with zero attached hydrogens (tertiary/aromatic N) is 2. The van der Waals surface area contributed by atoms with E-state index in [1.54, 1.807) is 0 Å². The molecule has 0 aliphatic heterocycles. The van der Waals surface area contributed by atoms with Gasteiger partial charge in [-0.3, -0.25) is 4.40 Å². The fourth-order valence-corrected chi connectivity index (χ4v) is 11.4. The molecule has 0 saturated carbocycles. The lowest BCUT2D eigenvalue weighted by molar-refractivity contribution is 1.18. The highest BCUT2D eigenvalue weighted by Gasteiger charge is 2.25. The lowest BCUT2D eigenvalue weighted by atomic mass is 9.93. The highest BCUT2D eigenvalue weighted by molar-refractivity contribution is 7.34. The lowest BCUT2D eigenvalue weighted by Gasteiger charge is -2.13. The fourth-order valence-electron chi connectivity index (χ4n) is 8.66. The number of aromatic nitrogens is 2. The van der Waals surface area contributed by atoms with E-state index in [0.717, 1.165) is 0 Å². The highest BCUT2D eigenvalue weighted by atomic mass is 32.1. The van der Waals surface area contributed by atoms with Crippen molar-refractivity contribution < 1.29 is 0 Å². The molecule has 0 unspecified atom stereocenters. The van der Waals surface area contributed by atoms with Crippen LogP contribution in [-0.4, -0.2) is 8.97 Å². The Labute approximate surface area is 294 Å². The van der Waals surface area contributed by atoms with Gasteiger partial charge >= 0.3 is 0 Å².